The van der Waals surface area contributed by atoms with E-state index < -0.39 is 47.6 Å². The van der Waals surface area contributed by atoms with E-state index in [9.17, 15) is 19.2 Å². The van der Waals surface area contributed by atoms with E-state index in [2.05, 4.69) is 16.0 Å². The average molecular weight is 582 g/mol. The molecule has 3 N–H and O–H groups in total. The van der Waals surface area contributed by atoms with Crippen molar-refractivity contribution >= 4 is 23.9 Å². The summed E-state index contributed by atoms with van der Waals surface area (Å²) in [7, 11) is 0. The standard InChI is InChI=1S/C33H47N3O6/c1-22(2)18-26(36-32(40)42-33(5,6)7)29(37)34-27(20-24-14-10-8-11-15-24)30(38)35-28(19-23(3)4)31(39)41-21-25-16-12-9-13-17-25/h8-17,22-23,26-28H,18-21H2,1-7H3,(H,34,37)(H,35,38)(H,36,40)/t26-,27-,28-/m0/s1. The Balaban J connectivity index is 2.23. The molecule has 0 aromatic heterocycles. The second-order valence-electron chi connectivity index (χ2n) is 12.4. The Kier molecular flexibility index (Phi) is 13.5. The third kappa shape index (κ3) is 13.2. The highest BCUT2D eigenvalue weighted by atomic mass is 16.6. The minimum atomic E-state index is -1.01. The molecular weight excluding hydrogens is 534 g/mol. The fraction of sp³-hybridized carbons (Fsp3) is 0.515. The SMILES string of the molecule is CC(C)C[C@H](NC(=O)OC(C)(C)C)C(=O)N[C@@H](Cc1ccccc1)C(=O)N[C@@H](CC(C)C)C(=O)OCc1ccccc1. The van der Waals surface area contributed by atoms with E-state index in [-0.39, 0.29) is 24.9 Å². The predicted molar refractivity (Wildman–Crippen MR) is 162 cm³/mol. The summed E-state index contributed by atoms with van der Waals surface area (Å²) in [6.45, 7) is 13.1. The van der Waals surface area contributed by atoms with Crippen molar-refractivity contribution in [3.8, 4) is 0 Å². The maximum Gasteiger partial charge on any atom is 0.408 e. The molecule has 0 spiro atoms. The van der Waals surface area contributed by atoms with Crippen molar-refractivity contribution < 1.29 is 28.7 Å². The van der Waals surface area contributed by atoms with Gasteiger partial charge in [-0.15, -0.1) is 0 Å². The molecule has 2 rings (SSSR count). The van der Waals surface area contributed by atoms with E-state index in [0.717, 1.165) is 11.1 Å². The first-order valence-electron chi connectivity index (χ1n) is 14.6. The van der Waals surface area contributed by atoms with Crippen molar-refractivity contribution in [3.05, 3.63) is 71.8 Å². The maximum atomic E-state index is 13.7. The van der Waals surface area contributed by atoms with Crippen LogP contribution in [0.2, 0.25) is 0 Å². The lowest BCUT2D eigenvalue weighted by atomic mass is 10.00. The molecule has 2 aromatic rings. The van der Waals surface area contributed by atoms with Gasteiger partial charge in [0.05, 0.1) is 0 Å². The number of nitrogens with one attached hydrogen (secondary N) is 3. The largest absolute Gasteiger partial charge is 0.459 e. The number of alkyl carbamates (subject to hydrolysis) is 1. The fourth-order valence-electron chi connectivity index (χ4n) is 4.27. The molecule has 0 aliphatic heterocycles. The molecule has 2 aromatic carbocycles. The van der Waals surface area contributed by atoms with Crippen LogP contribution in [0.3, 0.4) is 0 Å². The first kappa shape index (κ1) is 34.3. The second-order valence-corrected chi connectivity index (χ2v) is 12.4. The van der Waals surface area contributed by atoms with Gasteiger partial charge < -0.3 is 25.4 Å². The summed E-state index contributed by atoms with van der Waals surface area (Å²) in [6.07, 6.45) is 0.173. The second kappa shape index (κ2) is 16.5. The highest BCUT2D eigenvalue weighted by Crippen LogP contribution is 2.13. The summed E-state index contributed by atoms with van der Waals surface area (Å²) in [5.41, 5.74) is 0.924. The fourth-order valence-corrected chi connectivity index (χ4v) is 4.27. The van der Waals surface area contributed by atoms with Crippen LogP contribution in [-0.2, 0) is 36.9 Å². The Labute approximate surface area is 250 Å². The van der Waals surface area contributed by atoms with Gasteiger partial charge in [-0.3, -0.25) is 9.59 Å². The van der Waals surface area contributed by atoms with Crippen LogP contribution in [0.4, 0.5) is 4.79 Å². The van der Waals surface area contributed by atoms with Gasteiger partial charge in [-0.2, -0.15) is 0 Å². The van der Waals surface area contributed by atoms with Crippen molar-refractivity contribution in [2.75, 3.05) is 0 Å². The van der Waals surface area contributed by atoms with E-state index >= 15 is 0 Å². The zero-order valence-corrected chi connectivity index (χ0v) is 25.9. The smallest absolute Gasteiger partial charge is 0.408 e. The van der Waals surface area contributed by atoms with Crippen LogP contribution in [0, 0.1) is 11.8 Å². The molecule has 0 saturated heterocycles. The van der Waals surface area contributed by atoms with Crippen molar-refractivity contribution in [2.45, 2.75) is 98.1 Å². The zero-order valence-electron chi connectivity index (χ0n) is 25.9. The molecule has 9 heteroatoms. The number of carbonyl (C=O) groups excluding carboxylic acids is 4. The number of esters is 1. The van der Waals surface area contributed by atoms with Gasteiger partial charge in [0.15, 0.2) is 0 Å². The molecule has 0 fully saturated rings. The molecule has 0 radical (unpaired) electrons. The Bertz CT molecular complexity index is 1150. The molecule has 0 heterocycles. The van der Waals surface area contributed by atoms with E-state index in [4.69, 9.17) is 9.47 Å². The summed E-state index contributed by atoms with van der Waals surface area (Å²) in [5, 5.41) is 8.29. The molecule has 9 nitrogen and oxygen atoms in total. The van der Waals surface area contributed by atoms with E-state index in [1.807, 2.05) is 88.4 Å². The van der Waals surface area contributed by atoms with Crippen LogP contribution in [0.25, 0.3) is 0 Å². The van der Waals surface area contributed by atoms with Crippen LogP contribution in [0.15, 0.2) is 60.7 Å². The number of hydrogen-bond acceptors (Lipinski definition) is 6. The van der Waals surface area contributed by atoms with Gasteiger partial charge in [0.1, 0.15) is 30.3 Å². The topological polar surface area (TPSA) is 123 Å². The van der Waals surface area contributed by atoms with Crippen molar-refractivity contribution in [1.82, 2.24) is 16.0 Å². The van der Waals surface area contributed by atoms with E-state index in [1.54, 1.807) is 20.8 Å². The van der Waals surface area contributed by atoms with Gasteiger partial charge in [0, 0.05) is 6.42 Å². The summed E-state index contributed by atoms with van der Waals surface area (Å²) < 4.78 is 10.9. The number of carbonyl (C=O) groups is 4. The summed E-state index contributed by atoms with van der Waals surface area (Å²) >= 11 is 0. The monoisotopic (exact) mass is 581 g/mol. The van der Waals surface area contributed by atoms with Crippen LogP contribution in [-0.4, -0.2) is 47.6 Å². The van der Waals surface area contributed by atoms with Gasteiger partial charge in [0.25, 0.3) is 0 Å². The Morgan fingerprint density at radius 2 is 1.14 bits per heavy atom. The molecule has 0 saturated carbocycles. The normalized spacial score (nSPS) is 13.5. The van der Waals surface area contributed by atoms with E-state index in [0.29, 0.717) is 12.8 Å². The predicted octanol–water partition coefficient (Wildman–Crippen LogP) is 4.93. The first-order valence-corrected chi connectivity index (χ1v) is 14.6. The minimum Gasteiger partial charge on any atom is -0.459 e. The Morgan fingerprint density at radius 3 is 1.67 bits per heavy atom. The Morgan fingerprint density at radius 1 is 0.667 bits per heavy atom. The molecule has 230 valence electrons. The summed E-state index contributed by atoms with van der Waals surface area (Å²) in [5.74, 6) is -1.41. The van der Waals surface area contributed by atoms with Crippen LogP contribution >= 0.6 is 0 Å². The number of amides is 3. The van der Waals surface area contributed by atoms with Crippen molar-refractivity contribution in [3.63, 3.8) is 0 Å². The molecular formula is C33H47N3O6. The summed E-state index contributed by atoms with van der Waals surface area (Å²) in [4.78, 5) is 52.7. The van der Waals surface area contributed by atoms with Crippen LogP contribution in [0.1, 0.15) is 72.4 Å². The summed E-state index contributed by atoms with van der Waals surface area (Å²) in [6, 6.07) is 15.7. The maximum absolute atomic E-state index is 13.7. The van der Waals surface area contributed by atoms with Crippen molar-refractivity contribution in [2.24, 2.45) is 11.8 Å². The number of rotatable bonds is 14. The number of benzene rings is 2. The lowest BCUT2D eigenvalue weighted by molar-refractivity contribution is -0.149. The van der Waals surface area contributed by atoms with Gasteiger partial charge in [-0.25, -0.2) is 9.59 Å². The molecule has 0 aliphatic rings. The lowest BCUT2D eigenvalue weighted by Gasteiger charge is -2.27. The first-order chi connectivity index (χ1) is 19.7. The van der Waals surface area contributed by atoms with Crippen LogP contribution < -0.4 is 16.0 Å². The third-order valence-corrected chi connectivity index (χ3v) is 6.16. The van der Waals surface area contributed by atoms with Crippen LogP contribution in [0.5, 0.6) is 0 Å². The number of ether oxygens (including phenoxy) is 2. The highest BCUT2D eigenvalue weighted by Gasteiger charge is 2.32. The minimum absolute atomic E-state index is 0.0758. The molecule has 0 aliphatic carbocycles. The van der Waals surface area contributed by atoms with Gasteiger partial charge in [-0.1, -0.05) is 88.4 Å². The van der Waals surface area contributed by atoms with E-state index in [1.165, 1.54) is 0 Å². The quantitative estimate of drug-likeness (QED) is 0.272. The van der Waals surface area contributed by atoms with Gasteiger partial charge in [-0.05, 0) is 56.6 Å². The molecule has 42 heavy (non-hydrogen) atoms. The lowest BCUT2D eigenvalue weighted by Crippen LogP contribution is -2.57. The zero-order chi connectivity index (χ0) is 31.3. The molecule has 3 atom stereocenters. The van der Waals surface area contributed by atoms with Gasteiger partial charge >= 0.3 is 12.1 Å². The molecule has 0 bridgehead atoms. The average Bonchev–Trinajstić information content (AvgIpc) is 2.90. The third-order valence-electron chi connectivity index (χ3n) is 6.16. The Hall–Kier alpha value is -3.88. The molecule has 3 amide bonds. The van der Waals surface area contributed by atoms with Gasteiger partial charge in [0.2, 0.25) is 11.8 Å². The highest BCUT2D eigenvalue weighted by molar-refractivity contribution is 5.93. The molecule has 0 unspecified atom stereocenters. The number of hydrogen-bond donors (Lipinski definition) is 3. The van der Waals surface area contributed by atoms with Crippen molar-refractivity contribution in [1.29, 1.82) is 0 Å².